The van der Waals surface area contributed by atoms with E-state index in [0.29, 0.717) is 6.04 Å². The first kappa shape index (κ1) is 10.1. The molecule has 1 N–H and O–H groups in total. The van der Waals surface area contributed by atoms with Crippen molar-refractivity contribution >= 4 is 0 Å². The standard InChI is InChI=1S/C15H19N/c1-2-7-15(6-1)16-11-12-8-9-13-4-3-5-14(13)10-12/h1-2,8-10,15-16H,3-7,11H2. The van der Waals surface area contributed by atoms with Crippen LogP contribution in [0.3, 0.4) is 0 Å². The summed E-state index contributed by atoms with van der Waals surface area (Å²) in [4.78, 5) is 0. The van der Waals surface area contributed by atoms with Crippen molar-refractivity contribution in [3.8, 4) is 0 Å². The first-order valence-electron chi connectivity index (χ1n) is 6.41. The van der Waals surface area contributed by atoms with Gasteiger partial charge in [0.25, 0.3) is 0 Å². The third kappa shape index (κ3) is 2.05. The molecule has 0 aliphatic heterocycles. The van der Waals surface area contributed by atoms with Crippen LogP contribution in [0.15, 0.2) is 30.4 Å². The molecule has 1 nitrogen and oxygen atoms in total. The van der Waals surface area contributed by atoms with Gasteiger partial charge in [-0.1, -0.05) is 30.4 Å². The molecule has 1 heteroatoms. The van der Waals surface area contributed by atoms with Crippen molar-refractivity contribution in [1.82, 2.24) is 5.32 Å². The summed E-state index contributed by atoms with van der Waals surface area (Å²) >= 11 is 0. The first-order valence-corrected chi connectivity index (χ1v) is 6.41. The van der Waals surface area contributed by atoms with Gasteiger partial charge in [0.15, 0.2) is 0 Å². The topological polar surface area (TPSA) is 12.0 Å². The van der Waals surface area contributed by atoms with E-state index >= 15 is 0 Å². The zero-order chi connectivity index (χ0) is 10.8. The normalized spacial score (nSPS) is 19.2. The van der Waals surface area contributed by atoms with Crippen molar-refractivity contribution in [2.24, 2.45) is 0 Å². The van der Waals surface area contributed by atoms with Crippen molar-refractivity contribution in [2.45, 2.75) is 44.7 Å². The highest BCUT2D eigenvalue weighted by molar-refractivity contribution is 5.35. The van der Waals surface area contributed by atoms with Gasteiger partial charge < -0.3 is 5.32 Å². The Morgan fingerprint density at radius 3 is 2.75 bits per heavy atom. The average Bonchev–Trinajstić information content (AvgIpc) is 2.97. The van der Waals surface area contributed by atoms with Gasteiger partial charge in [-0.05, 0) is 48.8 Å². The number of benzene rings is 1. The minimum absolute atomic E-state index is 0.674. The Morgan fingerprint density at radius 1 is 1.06 bits per heavy atom. The van der Waals surface area contributed by atoms with E-state index in [-0.39, 0.29) is 0 Å². The van der Waals surface area contributed by atoms with E-state index in [0.717, 1.165) is 6.54 Å². The minimum atomic E-state index is 0.674. The molecule has 3 rings (SSSR count). The Hall–Kier alpha value is -1.08. The number of rotatable bonds is 3. The van der Waals surface area contributed by atoms with Crippen molar-refractivity contribution in [3.63, 3.8) is 0 Å². The molecule has 1 aromatic carbocycles. The summed E-state index contributed by atoms with van der Waals surface area (Å²) in [5, 5.41) is 3.63. The fourth-order valence-electron chi connectivity index (χ4n) is 2.78. The van der Waals surface area contributed by atoms with Crippen LogP contribution in [0.4, 0.5) is 0 Å². The van der Waals surface area contributed by atoms with Crippen molar-refractivity contribution < 1.29 is 0 Å². The number of hydrogen-bond acceptors (Lipinski definition) is 1. The molecule has 0 heterocycles. The van der Waals surface area contributed by atoms with Crippen LogP contribution in [0.2, 0.25) is 0 Å². The molecule has 0 spiro atoms. The van der Waals surface area contributed by atoms with Crippen molar-refractivity contribution in [1.29, 1.82) is 0 Å². The second-order valence-corrected chi connectivity index (χ2v) is 4.98. The van der Waals surface area contributed by atoms with Gasteiger partial charge in [-0.3, -0.25) is 0 Å². The van der Waals surface area contributed by atoms with Crippen LogP contribution in [0, 0.1) is 0 Å². The van der Waals surface area contributed by atoms with Gasteiger partial charge in [0, 0.05) is 12.6 Å². The predicted molar refractivity (Wildman–Crippen MR) is 67.5 cm³/mol. The Balaban J connectivity index is 1.62. The Kier molecular flexibility index (Phi) is 2.79. The lowest BCUT2D eigenvalue weighted by Gasteiger charge is -2.12. The Morgan fingerprint density at radius 2 is 1.88 bits per heavy atom. The van der Waals surface area contributed by atoms with E-state index in [9.17, 15) is 0 Å². The monoisotopic (exact) mass is 213 g/mol. The molecule has 16 heavy (non-hydrogen) atoms. The van der Waals surface area contributed by atoms with Crippen LogP contribution in [-0.4, -0.2) is 6.04 Å². The number of nitrogens with one attached hydrogen (secondary N) is 1. The lowest BCUT2D eigenvalue weighted by atomic mass is 10.1. The van der Waals surface area contributed by atoms with Gasteiger partial charge in [-0.15, -0.1) is 0 Å². The van der Waals surface area contributed by atoms with Crippen LogP contribution in [0.1, 0.15) is 36.0 Å². The molecule has 0 saturated carbocycles. The van der Waals surface area contributed by atoms with Crippen molar-refractivity contribution in [2.75, 3.05) is 0 Å². The molecule has 1 aromatic rings. The summed E-state index contributed by atoms with van der Waals surface area (Å²) in [7, 11) is 0. The minimum Gasteiger partial charge on any atom is -0.309 e. The first-order chi connectivity index (χ1) is 7.92. The molecular weight excluding hydrogens is 194 g/mol. The van der Waals surface area contributed by atoms with Crippen LogP contribution in [0.5, 0.6) is 0 Å². The maximum atomic E-state index is 3.63. The van der Waals surface area contributed by atoms with Crippen LogP contribution in [-0.2, 0) is 19.4 Å². The van der Waals surface area contributed by atoms with E-state index in [2.05, 4.69) is 35.7 Å². The summed E-state index contributed by atoms with van der Waals surface area (Å²) < 4.78 is 0. The summed E-state index contributed by atoms with van der Waals surface area (Å²) in [6.07, 6.45) is 10.9. The molecule has 0 radical (unpaired) electrons. The van der Waals surface area contributed by atoms with Gasteiger partial charge in [-0.25, -0.2) is 0 Å². The molecule has 0 fully saturated rings. The molecule has 0 bridgehead atoms. The molecule has 0 atom stereocenters. The molecule has 0 unspecified atom stereocenters. The molecule has 84 valence electrons. The smallest absolute Gasteiger partial charge is 0.0208 e. The lowest BCUT2D eigenvalue weighted by molar-refractivity contribution is 0.538. The number of hydrogen-bond donors (Lipinski definition) is 1. The highest BCUT2D eigenvalue weighted by atomic mass is 14.9. The summed E-state index contributed by atoms with van der Waals surface area (Å²) in [5.74, 6) is 0. The molecule has 2 aliphatic carbocycles. The zero-order valence-corrected chi connectivity index (χ0v) is 9.71. The summed E-state index contributed by atoms with van der Waals surface area (Å²) in [6, 6.07) is 7.69. The fraction of sp³-hybridized carbons (Fsp3) is 0.467. The Bertz CT molecular complexity index is 398. The van der Waals surface area contributed by atoms with E-state index < -0.39 is 0 Å². The SMILES string of the molecule is C1=CCC(NCc2ccc3c(c2)CCC3)C1. The highest BCUT2D eigenvalue weighted by Gasteiger charge is 2.12. The number of aryl methyl sites for hydroxylation is 2. The van der Waals surface area contributed by atoms with Crippen LogP contribution in [0.25, 0.3) is 0 Å². The van der Waals surface area contributed by atoms with E-state index in [1.807, 2.05) is 0 Å². The van der Waals surface area contributed by atoms with Gasteiger partial charge in [0.1, 0.15) is 0 Å². The van der Waals surface area contributed by atoms with Crippen LogP contribution >= 0.6 is 0 Å². The van der Waals surface area contributed by atoms with Gasteiger partial charge in [0.05, 0.1) is 0 Å². The molecule has 0 saturated heterocycles. The van der Waals surface area contributed by atoms with E-state index in [1.165, 1.54) is 37.7 Å². The van der Waals surface area contributed by atoms with Crippen LogP contribution < -0.4 is 5.32 Å². The molecule has 0 aromatic heterocycles. The molecular formula is C15H19N. The predicted octanol–water partition coefficient (Wildman–Crippen LogP) is 2.98. The third-order valence-electron chi connectivity index (χ3n) is 3.77. The van der Waals surface area contributed by atoms with E-state index in [4.69, 9.17) is 0 Å². The van der Waals surface area contributed by atoms with Crippen molar-refractivity contribution in [3.05, 3.63) is 47.0 Å². The lowest BCUT2D eigenvalue weighted by Crippen LogP contribution is -2.25. The largest absolute Gasteiger partial charge is 0.309 e. The third-order valence-corrected chi connectivity index (χ3v) is 3.77. The van der Waals surface area contributed by atoms with Gasteiger partial charge in [0.2, 0.25) is 0 Å². The fourth-order valence-corrected chi connectivity index (χ4v) is 2.78. The quantitative estimate of drug-likeness (QED) is 0.761. The summed E-state index contributed by atoms with van der Waals surface area (Å²) in [5.41, 5.74) is 4.61. The zero-order valence-electron chi connectivity index (χ0n) is 9.71. The Labute approximate surface area is 97.6 Å². The second kappa shape index (κ2) is 4.42. The number of fused-ring (bicyclic) bond motifs is 1. The average molecular weight is 213 g/mol. The second-order valence-electron chi connectivity index (χ2n) is 4.98. The van der Waals surface area contributed by atoms with E-state index in [1.54, 1.807) is 11.1 Å². The highest BCUT2D eigenvalue weighted by Crippen LogP contribution is 2.23. The maximum Gasteiger partial charge on any atom is 0.0208 e. The molecule has 0 amide bonds. The maximum absolute atomic E-state index is 3.63. The van der Waals surface area contributed by atoms with Gasteiger partial charge in [-0.2, -0.15) is 0 Å². The molecule has 2 aliphatic rings. The van der Waals surface area contributed by atoms with Gasteiger partial charge >= 0.3 is 0 Å². The summed E-state index contributed by atoms with van der Waals surface area (Å²) in [6.45, 7) is 1.03.